The molecule has 1 aliphatic rings. The van der Waals surface area contributed by atoms with Gasteiger partial charge in [-0.3, -0.25) is 0 Å². The average Bonchev–Trinajstić information content (AvgIpc) is 2.70. The first-order valence-electron chi connectivity index (χ1n) is 6.58. The number of aryl methyl sites for hydroxylation is 1. The molecule has 2 N–H and O–H groups in total. The van der Waals surface area contributed by atoms with Crippen LogP contribution >= 0.6 is 0 Å². The van der Waals surface area contributed by atoms with Crippen molar-refractivity contribution in [1.29, 1.82) is 0 Å². The smallest absolute Gasteiger partial charge is 0.241 e. The van der Waals surface area contributed by atoms with Gasteiger partial charge in [0.1, 0.15) is 0 Å². The summed E-state index contributed by atoms with van der Waals surface area (Å²) in [7, 11) is -6.95. The highest BCUT2D eigenvalue weighted by atomic mass is 32.2. The van der Waals surface area contributed by atoms with Gasteiger partial charge >= 0.3 is 0 Å². The number of sulfone groups is 1. The Balaban J connectivity index is 2.34. The van der Waals surface area contributed by atoms with Gasteiger partial charge in [-0.05, 0) is 43.0 Å². The highest BCUT2D eigenvalue weighted by Gasteiger charge is 2.32. The highest BCUT2D eigenvalue weighted by Crippen LogP contribution is 2.23. The molecule has 1 aliphatic heterocycles. The largest absolute Gasteiger partial charge is 0.392 e. The summed E-state index contributed by atoms with van der Waals surface area (Å²) < 4.78 is 50.2. The third-order valence-electron chi connectivity index (χ3n) is 3.71. The molecular weight excluding hydrogens is 314 g/mol. The van der Waals surface area contributed by atoms with Gasteiger partial charge in [-0.25, -0.2) is 21.6 Å². The van der Waals surface area contributed by atoms with Crippen molar-refractivity contribution in [1.82, 2.24) is 4.72 Å². The molecule has 0 saturated carbocycles. The van der Waals surface area contributed by atoms with Gasteiger partial charge in [-0.1, -0.05) is 6.07 Å². The molecule has 1 aromatic carbocycles. The van der Waals surface area contributed by atoms with E-state index in [0.717, 1.165) is 5.56 Å². The maximum Gasteiger partial charge on any atom is 0.241 e. The Bertz CT molecular complexity index is 753. The predicted molar refractivity (Wildman–Crippen MR) is 79.2 cm³/mol. The molecule has 1 heterocycles. The van der Waals surface area contributed by atoms with Crippen molar-refractivity contribution in [3.63, 3.8) is 0 Å². The molecule has 1 unspecified atom stereocenters. The zero-order chi connectivity index (χ0) is 15.8. The van der Waals surface area contributed by atoms with Gasteiger partial charge in [0.05, 0.1) is 23.0 Å². The number of rotatable bonds is 4. The molecule has 1 fully saturated rings. The van der Waals surface area contributed by atoms with Crippen molar-refractivity contribution in [2.45, 2.75) is 37.8 Å². The van der Waals surface area contributed by atoms with Gasteiger partial charge < -0.3 is 5.11 Å². The third kappa shape index (κ3) is 3.63. The van der Waals surface area contributed by atoms with Crippen LogP contribution in [-0.2, 0) is 26.5 Å². The van der Waals surface area contributed by atoms with E-state index in [1.807, 2.05) is 0 Å². The Hall–Kier alpha value is -0.960. The molecule has 0 spiro atoms. The second kappa shape index (κ2) is 5.68. The van der Waals surface area contributed by atoms with Gasteiger partial charge in [0.15, 0.2) is 9.84 Å². The van der Waals surface area contributed by atoms with E-state index in [-0.39, 0.29) is 23.0 Å². The van der Waals surface area contributed by atoms with E-state index in [1.54, 1.807) is 19.9 Å². The highest BCUT2D eigenvalue weighted by molar-refractivity contribution is 7.92. The van der Waals surface area contributed by atoms with Crippen molar-refractivity contribution in [3.05, 3.63) is 28.8 Å². The summed E-state index contributed by atoms with van der Waals surface area (Å²) in [4.78, 5) is 0.0934. The normalized spacial score (nSPS) is 21.6. The second-order valence-corrected chi connectivity index (χ2v) is 9.33. The lowest BCUT2D eigenvalue weighted by Crippen LogP contribution is -2.36. The van der Waals surface area contributed by atoms with Gasteiger partial charge in [0.2, 0.25) is 10.0 Å². The Labute approximate surface area is 125 Å². The fourth-order valence-electron chi connectivity index (χ4n) is 2.44. The topological polar surface area (TPSA) is 101 Å². The van der Waals surface area contributed by atoms with Crippen LogP contribution in [0.25, 0.3) is 0 Å². The molecule has 0 aliphatic carbocycles. The Morgan fingerprint density at radius 2 is 2.00 bits per heavy atom. The first kappa shape index (κ1) is 16.4. The van der Waals surface area contributed by atoms with Gasteiger partial charge in [-0.15, -0.1) is 0 Å². The number of aliphatic hydroxyl groups excluding tert-OH is 1. The number of aliphatic hydroxyl groups is 1. The molecular formula is C13H19NO5S2. The van der Waals surface area contributed by atoms with Crippen molar-refractivity contribution < 1.29 is 21.9 Å². The Morgan fingerprint density at radius 3 is 2.52 bits per heavy atom. The number of benzene rings is 1. The van der Waals surface area contributed by atoms with Gasteiger partial charge in [0, 0.05) is 6.04 Å². The van der Waals surface area contributed by atoms with Crippen LogP contribution in [-0.4, -0.2) is 39.5 Å². The minimum absolute atomic E-state index is 0.00881. The Morgan fingerprint density at radius 1 is 1.33 bits per heavy atom. The zero-order valence-corrected chi connectivity index (χ0v) is 13.6. The van der Waals surface area contributed by atoms with Gasteiger partial charge in [0.25, 0.3) is 0 Å². The van der Waals surface area contributed by atoms with Crippen molar-refractivity contribution in [2.24, 2.45) is 0 Å². The van der Waals surface area contributed by atoms with Crippen molar-refractivity contribution in [3.8, 4) is 0 Å². The van der Waals surface area contributed by atoms with Crippen molar-refractivity contribution in [2.75, 3.05) is 11.5 Å². The van der Waals surface area contributed by atoms with Gasteiger partial charge in [-0.2, -0.15) is 0 Å². The molecule has 0 aromatic heterocycles. The lowest BCUT2D eigenvalue weighted by atomic mass is 10.1. The summed E-state index contributed by atoms with van der Waals surface area (Å²) in [6.07, 6.45) is 0.291. The van der Waals surface area contributed by atoms with E-state index in [4.69, 9.17) is 0 Å². The maximum absolute atomic E-state index is 12.5. The first-order valence-corrected chi connectivity index (χ1v) is 9.89. The van der Waals surface area contributed by atoms with E-state index < -0.39 is 25.9 Å². The Kier molecular flexibility index (Phi) is 4.44. The minimum atomic E-state index is -3.81. The molecule has 0 amide bonds. The summed E-state index contributed by atoms with van der Waals surface area (Å²) in [6.45, 7) is 3.21. The number of nitrogens with one attached hydrogen (secondary N) is 1. The van der Waals surface area contributed by atoms with E-state index in [0.29, 0.717) is 17.5 Å². The monoisotopic (exact) mass is 333 g/mol. The maximum atomic E-state index is 12.5. The first-order chi connectivity index (χ1) is 9.64. The summed E-state index contributed by atoms with van der Waals surface area (Å²) in [6, 6.07) is 2.57. The lowest BCUT2D eigenvalue weighted by Gasteiger charge is -2.15. The van der Waals surface area contributed by atoms with Crippen LogP contribution in [0, 0.1) is 13.8 Å². The van der Waals surface area contributed by atoms with Crippen LogP contribution in [0.3, 0.4) is 0 Å². The molecule has 2 rings (SSSR count). The quantitative estimate of drug-likeness (QED) is 0.823. The molecule has 21 heavy (non-hydrogen) atoms. The summed E-state index contributed by atoms with van der Waals surface area (Å²) in [5, 5.41) is 9.20. The third-order valence-corrected chi connectivity index (χ3v) is 7.12. The number of sulfonamides is 1. The van der Waals surface area contributed by atoms with Crippen LogP contribution in [0.15, 0.2) is 17.0 Å². The van der Waals surface area contributed by atoms with Crippen LogP contribution in [0.1, 0.15) is 23.1 Å². The standard InChI is InChI=1S/C13H19NO5S2/c1-9-5-11(7-15)6-13(10(9)2)21(18,19)14-12-3-4-20(16,17)8-12/h5-6,12,14-15H,3-4,7-8H2,1-2H3. The molecule has 0 bridgehead atoms. The van der Waals surface area contributed by atoms with E-state index in [9.17, 15) is 21.9 Å². The molecule has 1 aromatic rings. The molecule has 118 valence electrons. The minimum Gasteiger partial charge on any atom is -0.392 e. The van der Waals surface area contributed by atoms with E-state index in [1.165, 1.54) is 6.07 Å². The summed E-state index contributed by atoms with van der Waals surface area (Å²) in [5.74, 6) is -0.154. The van der Waals surface area contributed by atoms with E-state index in [2.05, 4.69) is 4.72 Å². The van der Waals surface area contributed by atoms with Crippen LogP contribution in [0.2, 0.25) is 0 Å². The SMILES string of the molecule is Cc1cc(CO)cc(S(=O)(=O)NC2CCS(=O)(=O)C2)c1C. The van der Waals surface area contributed by atoms with E-state index >= 15 is 0 Å². The van der Waals surface area contributed by atoms with Crippen LogP contribution < -0.4 is 4.72 Å². The molecule has 6 nitrogen and oxygen atoms in total. The molecule has 0 radical (unpaired) electrons. The summed E-state index contributed by atoms with van der Waals surface area (Å²) in [5.41, 5.74) is 1.87. The lowest BCUT2D eigenvalue weighted by molar-refractivity contribution is 0.281. The molecule has 1 saturated heterocycles. The zero-order valence-electron chi connectivity index (χ0n) is 12.0. The fraction of sp³-hybridized carbons (Fsp3) is 0.538. The fourth-order valence-corrected chi connectivity index (χ4v) is 5.86. The summed E-state index contributed by atoms with van der Waals surface area (Å²) >= 11 is 0. The number of hydrogen-bond acceptors (Lipinski definition) is 5. The molecule has 8 heteroatoms. The van der Waals surface area contributed by atoms with Crippen molar-refractivity contribution >= 4 is 19.9 Å². The molecule has 1 atom stereocenters. The average molecular weight is 333 g/mol. The second-order valence-electron chi connectivity index (χ2n) is 5.42. The van der Waals surface area contributed by atoms with Crippen LogP contribution in [0.5, 0.6) is 0 Å². The van der Waals surface area contributed by atoms with Crippen LogP contribution in [0.4, 0.5) is 0 Å². The number of hydrogen-bond donors (Lipinski definition) is 2. The predicted octanol–water partition coefficient (Wildman–Crippen LogP) is 0.261.